The van der Waals surface area contributed by atoms with E-state index in [0.717, 1.165) is 29.8 Å². The minimum atomic E-state index is 0.238. The number of ether oxygens (including phenoxy) is 1. The molecule has 1 aromatic rings. The Kier molecular flexibility index (Phi) is 7.60. The van der Waals surface area contributed by atoms with Crippen LogP contribution in [0.2, 0.25) is 0 Å². The molecule has 0 bridgehead atoms. The molecule has 114 valence electrons. The lowest BCUT2D eigenvalue weighted by molar-refractivity contribution is 0.302. The molecular weight excluding hydrogens is 314 g/mol. The summed E-state index contributed by atoms with van der Waals surface area (Å²) < 4.78 is 6.92. The number of hydrogen-bond donors (Lipinski definition) is 1. The highest BCUT2D eigenvalue weighted by molar-refractivity contribution is 9.10. The summed E-state index contributed by atoms with van der Waals surface area (Å²) in [7, 11) is 0. The summed E-state index contributed by atoms with van der Waals surface area (Å²) in [6.45, 7) is 10.6. The first-order valence-corrected chi connectivity index (χ1v) is 8.32. The highest BCUT2D eigenvalue weighted by Crippen LogP contribution is 2.22. The van der Waals surface area contributed by atoms with Crippen LogP contribution in [0.15, 0.2) is 22.7 Å². The van der Waals surface area contributed by atoms with E-state index in [1.54, 1.807) is 0 Å². The number of halogens is 1. The van der Waals surface area contributed by atoms with Crippen LogP contribution in [0.1, 0.15) is 52.0 Å². The van der Waals surface area contributed by atoms with Crippen molar-refractivity contribution in [3.63, 3.8) is 0 Å². The fourth-order valence-electron chi connectivity index (χ4n) is 2.00. The summed E-state index contributed by atoms with van der Waals surface area (Å²) in [5.74, 6) is 1.00. The van der Waals surface area contributed by atoms with Gasteiger partial charge in [0.05, 0.1) is 6.61 Å². The van der Waals surface area contributed by atoms with E-state index in [1.807, 2.05) is 12.1 Å². The average Bonchev–Trinajstić information content (AvgIpc) is 2.33. The van der Waals surface area contributed by atoms with Gasteiger partial charge in [0, 0.05) is 10.0 Å². The van der Waals surface area contributed by atoms with Gasteiger partial charge in [-0.25, -0.2) is 0 Å². The van der Waals surface area contributed by atoms with Gasteiger partial charge in [-0.2, -0.15) is 0 Å². The van der Waals surface area contributed by atoms with Crippen LogP contribution in [0.25, 0.3) is 0 Å². The molecule has 0 saturated heterocycles. The van der Waals surface area contributed by atoms with Crippen LogP contribution >= 0.6 is 15.9 Å². The molecule has 0 aliphatic rings. The van der Waals surface area contributed by atoms with E-state index in [0.29, 0.717) is 0 Å². The van der Waals surface area contributed by atoms with Gasteiger partial charge in [0.15, 0.2) is 0 Å². The van der Waals surface area contributed by atoms with Crippen molar-refractivity contribution in [2.24, 2.45) is 0 Å². The fourth-order valence-corrected chi connectivity index (χ4v) is 2.48. The van der Waals surface area contributed by atoms with Gasteiger partial charge >= 0.3 is 0 Å². The van der Waals surface area contributed by atoms with Crippen LogP contribution < -0.4 is 10.1 Å². The van der Waals surface area contributed by atoms with E-state index in [1.165, 1.54) is 24.8 Å². The van der Waals surface area contributed by atoms with Gasteiger partial charge in [-0.05, 0) is 70.8 Å². The van der Waals surface area contributed by atoms with E-state index in [9.17, 15) is 0 Å². The van der Waals surface area contributed by atoms with Gasteiger partial charge in [-0.15, -0.1) is 0 Å². The Labute approximate surface area is 132 Å². The molecule has 0 aliphatic carbocycles. The summed E-state index contributed by atoms with van der Waals surface area (Å²) in [6.07, 6.45) is 4.88. The third kappa shape index (κ3) is 7.91. The Morgan fingerprint density at radius 3 is 2.45 bits per heavy atom. The predicted octanol–water partition coefficient (Wildman–Crippen LogP) is 5.08. The number of hydrogen-bond acceptors (Lipinski definition) is 2. The highest BCUT2D eigenvalue weighted by Gasteiger charge is 2.06. The van der Waals surface area contributed by atoms with Crippen LogP contribution in [0, 0.1) is 6.92 Å². The third-order valence-electron chi connectivity index (χ3n) is 3.12. The van der Waals surface area contributed by atoms with Crippen molar-refractivity contribution in [2.45, 2.75) is 58.9 Å². The normalized spacial score (nSPS) is 11.7. The molecule has 0 spiro atoms. The molecule has 1 aromatic carbocycles. The molecule has 0 heterocycles. The van der Waals surface area contributed by atoms with Crippen molar-refractivity contribution in [3.05, 3.63) is 28.2 Å². The third-order valence-corrected chi connectivity index (χ3v) is 3.61. The number of unbranched alkanes of at least 4 members (excludes halogenated alkanes) is 3. The van der Waals surface area contributed by atoms with Crippen molar-refractivity contribution in [1.82, 2.24) is 5.32 Å². The van der Waals surface area contributed by atoms with Gasteiger partial charge in [0.1, 0.15) is 5.75 Å². The predicted molar refractivity (Wildman–Crippen MR) is 90.6 cm³/mol. The second-order valence-corrected chi connectivity index (χ2v) is 7.26. The lowest BCUT2D eigenvalue weighted by Crippen LogP contribution is -2.36. The van der Waals surface area contributed by atoms with E-state index in [-0.39, 0.29) is 5.54 Å². The van der Waals surface area contributed by atoms with Crippen LogP contribution in [0.4, 0.5) is 0 Å². The zero-order valence-corrected chi connectivity index (χ0v) is 14.8. The average molecular weight is 342 g/mol. The SMILES string of the molecule is Cc1cc(Br)ccc1OCCCCCCNC(C)(C)C. The summed E-state index contributed by atoms with van der Waals surface area (Å²) in [6, 6.07) is 6.15. The zero-order chi connectivity index (χ0) is 15.0. The smallest absolute Gasteiger partial charge is 0.122 e. The maximum absolute atomic E-state index is 5.82. The largest absolute Gasteiger partial charge is 0.493 e. The molecule has 0 aromatic heterocycles. The standard InChI is InChI=1S/C17H28BrNO/c1-14-13-15(18)9-10-16(14)20-12-8-6-5-7-11-19-17(2,3)4/h9-10,13,19H,5-8,11-12H2,1-4H3. The Morgan fingerprint density at radius 2 is 1.80 bits per heavy atom. The Morgan fingerprint density at radius 1 is 1.10 bits per heavy atom. The maximum Gasteiger partial charge on any atom is 0.122 e. The number of benzene rings is 1. The molecule has 2 nitrogen and oxygen atoms in total. The molecule has 1 rings (SSSR count). The first kappa shape index (κ1) is 17.5. The van der Waals surface area contributed by atoms with Gasteiger partial charge in [0.25, 0.3) is 0 Å². The molecule has 0 radical (unpaired) electrons. The van der Waals surface area contributed by atoms with Crippen LogP contribution in [0.5, 0.6) is 5.75 Å². The van der Waals surface area contributed by atoms with Crippen LogP contribution in [-0.2, 0) is 0 Å². The van der Waals surface area contributed by atoms with Crippen LogP contribution in [0.3, 0.4) is 0 Å². The Hall–Kier alpha value is -0.540. The minimum absolute atomic E-state index is 0.238. The van der Waals surface area contributed by atoms with E-state index >= 15 is 0 Å². The minimum Gasteiger partial charge on any atom is -0.493 e. The quantitative estimate of drug-likeness (QED) is 0.665. The molecule has 0 atom stereocenters. The van der Waals surface area contributed by atoms with Crippen molar-refractivity contribution >= 4 is 15.9 Å². The van der Waals surface area contributed by atoms with Gasteiger partial charge < -0.3 is 10.1 Å². The van der Waals surface area contributed by atoms with Gasteiger partial charge in [-0.1, -0.05) is 28.8 Å². The highest BCUT2D eigenvalue weighted by atomic mass is 79.9. The summed E-state index contributed by atoms with van der Waals surface area (Å²) in [4.78, 5) is 0. The second-order valence-electron chi connectivity index (χ2n) is 6.35. The summed E-state index contributed by atoms with van der Waals surface area (Å²) in [5, 5.41) is 3.52. The Bertz CT molecular complexity index is 398. The van der Waals surface area contributed by atoms with Crippen molar-refractivity contribution in [3.8, 4) is 5.75 Å². The van der Waals surface area contributed by atoms with E-state index in [4.69, 9.17) is 4.74 Å². The molecule has 3 heteroatoms. The van der Waals surface area contributed by atoms with Crippen molar-refractivity contribution < 1.29 is 4.74 Å². The number of nitrogens with one attached hydrogen (secondary N) is 1. The number of rotatable bonds is 8. The second kappa shape index (κ2) is 8.68. The number of aryl methyl sites for hydroxylation is 1. The molecule has 0 unspecified atom stereocenters. The molecule has 0 aliphatic heterocycles. The topological polar surface area (TPSA) is 21.3 Å². The van der Waals surface area contributed by atoms with Crippen molar-refractivity contribution in [2.75, 3.05) is 13.2 Å². The lowest BCUT2D eigenvalue weighted by atomic mass is 10.1. The zero-order valence-electron chi connectivity index (χ0n) is 13.3. The van der Waals surface area contributed by atoms with E-state index in [2.05, 4.69) is 55.0 Å². The molecule has 20 heavy (non-hydrogen) atoms. The first-order chi connectivity index (χ1) is 9.38. The molecule has 0 fully saturated rings. The van der Waals surface area contributed by atoms with Gasteiger partial charge in [0.2, 0.25) is 0 Å². The van der Waals surface area contributed by atoms with Crippen LogP contribution in [-0.4, -0.2) is 18.7 Å². The monoisotopic (exact) mass is 341 g/mol. The molecule has 0 saturated carbocycles. The summed E-state index contributed by atoms with van der Waals surface area (Å²) in [5.41, 5.74) is 1.43. The maximum atomic E-state index is 5.82. The Balaban J connectivity index is 2.05. The van der Waals surface area contributed by atoms with E-state index < -0.39 is 0 Å². The van der Waals surface area contributed by atoms with Crippen molar-refractivity contribution in [1.29, 1.82) is 0 Å². The molecule has 0 amide bonds. The molecule has 1 N–H and O–H groups in total. The first-order valence-electron chi connectivity index (χ1n) is 7.52. The fraction of sp³-hybridized carbons (Fsp3) is 0.647. The summed E-state index contributed by atoms with van der Waals surface area (Å²) >= 11 is 3.47. The lowest BCUT2D eigenvalue weighted by Gasteiger charge is -2.20. The van der Waals surface area contributed by atoms with Gasteiger partial charge in [-0.3, -0.25) is 0 Å². The molecular formula is C17H28BrNO.